The third kappa shape index (κ3) is 5.25. The zero-order chi connectivity index (χ0) is 19.1. The minimum absolute atomic E-state index is 0.0958. The van der Waals surface area contributed by atoms with Crippen LogP contribution in [-0.2, 0) is 11.2 Å². The average Bonchev–Trinajstić information content (AvgIpc) is 2.73. The number of methoxy groups -OCH3 is 1. The number of hydrogen-bond donors (Lipinski definition) is 0. The lowest BCUT2D eigenvalue weighted by Crippen LogP contribution is -2.45. The Kier molecular flexibility index (Phi) is 6.74. The Labute approximate surface area is 162 Å². The molecule has 3 rings (SSSR count). The van der Waals surface area contributed by atoms with E-state index in [0.29, 0.717) is 18.1 Å². The quantitative estimate of drug-likeness (QED) is 0.731. The van der Waals surface area contributed by atoms with Gasteiger partial charge in [-0.1, -0.05) is 43.3 Å². The van der Waals surface area contributed by atoms with Crippen molar-refractivity contribution in [2.75, 3.05) is 20.2 Å². The van der Waals surface area contributed by atoms with Crippen molar-refractivity contribution in [3.05, 3.63) is 60.2 Å². The molecule has 1 aliphatic rings. The molecule has 0 radical (unpaired) electrons. The molecule has 0 N–H and O–H groups in total. The normalized spacial score (nSPS) is 16.0. The van der Waals surface area contributed by atoms with Crippen molar-refractivity contribution in [1.82, 2.24) is 4.90 Å². The van der Waals surface area contributed by atoms with Gasteiger partial charge in [-0.15, -0.1) is 0 Å². The lowest BCUT2D eigenvalue weighted by atomic mass is 9.90. The van der Waals surface area contributed by atoms with E-state index < -0.39 is 6.10 Å². The van der Waals surface area contributed by atoms with Crippen molar-refractivity contribution in [2.45, 2.75) is 38.7 Å². The van der Waals surface area contributed by atoms with Crippen molar-refractivity contribution in [3.8, 4) is 11.5 Å². The van der Waals surface area contributed by atoms with Crippen LogP contribution in [0.3, 0.4) is 0 Å². The first-order valence-corrected chi connectivity index (χ1v) is 9.83. The van der Waals surface area contributed by atoms with E-state index in [2.05, 4.69) is 30.3 Å². The smallest absolute Gasteiger partial charge is 0.263 e. The molecule has 2 aromatic carbocycles. The van der Waals surface area contributed by atoms with Gasteiger partial charge in [0.05, 0.1) is 7.11 Å². The van der Waals surface area contributed by atoms with Gasteiger partial charge in [0.2, 0.25) is 0 Å². The third-order valence-electron chi connectivity index (χ3n) is 5.26. The van der Waals surface area contributed by atoms with E-state index in [1.807, 2.05) is 36.1 Å². The maximum Gasteiger partial charge on any atom is 0.263 e. The summed E-state index contributed by atoms with van der Waals surface area (Å²) < 4.78 is 11.2. The SMILES string of the molecule is CCC(Oc1cccc(OC)c1)C(=O)N1CCC(Cc2ccccc2)CC1. The standard InChI is InChI=1S/C23H29NO3/c1-3-22(27-21-11-7-10-20(17-21)26-2)23(25)24-14-12-19(13-15-24)16-18-8-5-4-6-9-18/h4-11,17,19,22H,3,12-16H2,1-2H3. The van der Waals surface area contributed by atoms with Crippen LogP contribution in [0.4, 0.5) is 0 Å². The zero-order valence-electron chi connectivity index (χ0n) is 16.3. The first-order chi connectivity index (χ1) is 13.2. The number of amides is 1. The lowest BCUT2D eigenvalue weighted by Gasteiger charge is -2.34. The van der Waals surface area contributed by atoms with Gasteiger partial charge < -0.3 is 14.4 Å². The summed E-state index contributed by atoms with van der Waals surface area (Å²) >= 11 is 0. The number of carbonyl (C=O) groups is 1. The highest BCUT2D eigenvalue weighted by Crippen LogP contribution is 2.24. The fraction of sp³-hybridized carbons (Fsp3) is 0.435. The third-order valence-corrected chi connectivity index (χ3v) is 5.26. The van der Waals surface area contributed by atoms with E-state index in [1.165, 1.54) is 5.56 Å². The number of carbonyl (C=O) groups excluding carboxylic acids is 1. The average molecular weight is 367 g/mol. The molecule has 144 valence electrons. The number of nitrogens with zero attached hydrogens (tertiary/aromatic N) is 1. The lowest BCUT2D eigenvalue weighted by molar-refractivity contribution is -0.140. The van der Waals surface area contributed by atoms with Crippen LogP contribution in [0.1, 0.15) is 31.7 Å². The molecule has 4 nitrogen and oxygen atoms in total. The highest BCUT2D eigenvalue weighted by atomic mass is 16.5. The fourth-order valence-corrected chi connectivity index (χ4v) is 3.66. The van der Waals surface area contributed by atoms with E-state index in [1.54, 1.807) is 7.11 Å². The van der Waals surface area contributed by atoms with Gasteiger partial charge in [0.25, 0.3) is 5.91 Å². The van der Waals surface area contributed by atoms with Gasteiger partial charge in [0, 0.05) is 19.2 Å². The Morgan fingerprint density at radius 2 is 1.78 bits per heavy atom. The van der Waals surface area contributed by atoms with Crippen molar-refractivity contribution in [3.63, 3.8) is 0 Å². The highest BCUT2D eigenvalue weighted by molar-refractivity contribution is 5.81. The maximum absolute atomic E-state index is 12.9. The van der Waals surface area contributed by atoms with E-state index in [4.69, 9.17) is 9.47 Å². The topological polar surface area (TPSA) is 38.8 Å². The van der Waals surface area contributed by atoms with E-state index >= 15 is 0 Å². The van der Waals surface area contributed by atoms with E-state index in [0.717, 1.165) is 38.1 Å². The molecule has 1 atom stereocenters. The number of hydrogen-bond acceptors (Lipinski definition) is 3. The summed E-state index contributed by atoms with van der Waals surface area (Å²) in [4.78, 5) is 14.9. The maximum atomic E-state index is 12.9. The molecule has 1 unspecified atom stereocenters. The number of piperidine rings is 1. The summed E-state index contributed by atoms with van der Waals surface area (Å²) in [6.45, 7) is 3.62. The van der Waals surface area contributed by atoms with Gasteiger partial charge in [-0.25, -0.2) is 0 Å². The van der Waals surface area contributed by atoms with Gasteiger partial charge in [-0.05, 0) is 49.3 Å². The molecule has 2 aromatic rings. The minimum Gasteiger partial charge on any atom is -0.497 e. The highest BCUT2D eigenvalue weighted by Gasteiger charge is 2.28. The van der Waals surface area contributed by atoms with Crippen molar-refractivity contribution in [2.24, 2.45) is 5.92 Å². The van der Waals surface area contributed by atoms with Crippen LogP contribution in [0.25, 0.3) is 0 Å². The van der Waals surface area contributed by atoms with E-state index in [-0.39, 0.29) is 5.91 Å². The van der Waals surface area contributed by atoms with Gasteiger partial charge in [0.1, 0.15) is 11.5 Å². The molecule has 1 saturated heterocycles. The first kappa shape index (κ1) is 19.3. The number of ether oxygens (including phenoxy) is 2. The summed E-state index contributed by atoms with van der Waals surface area (Å²) in [6, 6.07) is 18.0. The molecule has 0 bridgehead atoms. The van der Waals surface area contributed by atoms with Gasteiger partial charge in [-0.2, -0.15) is 0 Å². The molecule has 1 amide bonds. The molecule has 4 heteroatoms. The van der Waals surface area contributed by atoms with Crippen molar-refractivity contribution < 1.29 is 14.3 Å². The molecular formula is C23H29NO3. The van der Waals surface area contributed by atoms with Gasteiger partial charge in [-0.3, -0.25) is 4.79 Å². The summed E-state index contributed by atoms with van der Waals surface area (Å²) in [5.74, 6) is 2.15. The van der Waals surface area contributed by atoms with Crippen molar-refractivity contribution in [1.29, 1.82) is 0 Å². The molecule has 0 saturated carbocycles. The van der Waals surface area contributed by atoms with Crippen LogP contribution in [0.2, 0.25) is 0 Å². The predicted molar refractivity (Wildman–Crippen MR) is 107 cm³/mol. The van der Waals surface area contributed by atoms with Crippen LogP contribution in [0, 0.1) is 5.92 Å². The second-order valence-electron chi connectivity index (χ2n) is 7.15. The molecule has 1 heterocycles. The zero-order valence-corrected chi connectivity index (χ0v) is 16.3. The molecule has 1 aliphatic heterocycles. The van der Waals surface area contributed by atoms with Crippen LogP contribution in [0.15, 0.2) is 54.6 Å². The number of benzene rings is 2. The second-order valence-corrected chi connectivity index (χ2v) is 7.15. The molecule has 0 aliphatic carbocycles. The van der Waals surface area contributed by atoms with Crippen LogP contribution in [-0.4, -0.2) is 37.1 Å². The van der Waals surface area contributed by atoms with Crippen LogP contribution < -0.4 is 9.47 Å². The monoisotopic (exact) mass is 367 g/mol. The molecule has 1 fully saturated rings. The predicted octanol–water partition coefficient (Wildman–Crippen LogP) is 4.33. The van der Waals surface area contributed by atoms with Gasteiger partial charge in [0.15, 0.2) is 6.10 Å². The van der Waals surface area contributed by atoms with Crippen LogP contribution >= 0.6 is 0 Å². The largest absolute Gasteiger partial charge is 0.497 e. The summed E-state index contributed by atoms with van der Waals surface area (Å²) in [5, 5.41) is 0. The van der Waals surface area contributed by atoms with E-state index in [9.17, 15) is 4.79 Å². The molecular weight excluding hydrogens is 338 g/mol. The summed E-state index contributed by atoms with van der Waals surface area (Å²) in [5.41, 5.74) is 1.38. The van der Waals surface area contributed by atoms with Crippen molar-refractivity contribution >= 4 is 5.91 Å². The van der Waals surface area contributed by atoms with Gasteiger partial charge >= 0.3 is 0 Å². The summed E-state index contributed by atoms with van der Waals surface area (Å²) in [6.07, 6.45) is 3.41. The first-order valence-electron chi connectivity index (χ1n) is 9.83. The fourth-order valence-electron chi connectivity index (χ4n) is 3.66. The Morgan fingerprint density at radius 1 is 1.07 bits per heavy atom. The number of likely N-dealkylation sites (tertiary alicyclic amines) is 1. The Balaban J connectivity index is 1.53. The second kappa shape index (κ2) is 9.45. The molecule has 0 aromatic heterocycles. The summed E-state index contributed by atoms with van der Waals surface area (Å²) in [7, 11) is 1.63. The molecule has 27 heavy (non-hydrogen) atoms. The minimum atomic E-state index is -0.442. The Morgan fingerprint density at radius 3 is 2.44 bits per heavy atom. The number of rotatable bonds is 7. The Bertz CT molecular complexity index is 723. The van der Waals surface area contributed by atoms with Crippen LogP contribution in [0.5, 0.6) is 11.5 Å². The Hall–Kier alpha value is -2.49. The molecule has 0 spiro atoms.